The fraction of sp³-hybridized carbons (Fsp3) is 0.353. The van der Waals surface area contributed by atoms with Crippen molar-refractivity contribution in [3.05, 3.63) is 47.3 Å². The lowest BCUT2D eigenvalue weighted by atomic mass is 10.0. The molecule has 0 aliphatic carbocycles. The molecule has 0 aliphatic heterocycles. The quantitative estimate of drug-likeness (QED) is 0.744. The van der Waals surface area contributed by atoms with Crippen LogP contribution in [0.3, 0.4) is 0 Å². The maximum absolute atomic E-state index is 12.3. The molecule has 1 amide bonds. The molecule has 2 N–H and O–H groups in total. The molecule has 0 saturated carbocycles. The molecule has 1 heterocycles. The fourth-order valence-corrected chi connectivity index (χ4v) is 2.57. The van der Waals surface area contributed by atoms with Crippen molar-refractivity contribution < 1.29 is 19.2 Å². The number of thioether (sulfide) groups is 1. The van der Waals surface area contributed by atoms with Crippen LogP contribution < -0.4 is 5.32 Å². The van der Waals surface area contributed by atoms with Crippen molar-refractivity contribution in [2.24, 2.45) is 0 Å². The zero-order chi connectivity index (χ0) is 17.7. The van der Waals surface area contributed by atoms with Gasteiger partial charge in [0.05, 0.1) is 18.2 Å². The minimum Gasteiger partial charge on any atom is -0.481 e. The van der Waals surface area contributed by atoms with Crippen molar-refractivity contribution in [1.29, 1.82) is 0 Å². The molecule has 24 heavy (non-hydrogen) atoms. The van der Waals surface area contributed by atoms with Gasteiger partial charge in [-0.05, 0) is 29.9 Å². The van der Waals surface area contributed by atoms with Gasteiger partial charge in [0.15, 0.2) is 0 Å². The largest absolute Gasteiger partial charge is 0.481 e. The number of carbonyl (C=O) groups excluding carboxylic acids is 1. The van der Waals surface area contributed by atoms with Gasteiger partial charge in [0.1, 0.15) is 0 Å². The van der Waals surface area contributed by atoms with E-state index in [4.69, 9.17) is 9.63 Å². The van der Waals surface area contributed by atoms with Crippen LogP contribution in [0.5, 0.6) is 0 Å². The summed E-state index contributed by atoms with van der Waals surface area (Å²) in [6.07, 6.45) is 1.75. The van der Waals surface area contributed by atoms with Gasteiger partial charge in [-0.25, -0.2) is 0 Å². The minimum atomic E-state index is -0.991. The molecule has 0 fully saturated rings. The van der Waals surface area contributed by atoms with E-state index in [2.05, 4.69) is 10.5 Å². The lowest BCUT2D eigenvalue weighted by Crippen LogP contribution is -2.30. The third-order valence-corrected chi connectivity index (χ3v) is 4.29. The molecule has 1 unspecified atom stereocenters. The number of aliphatic carboxylic acids is 1. The van der Waals surface area contributed by atoms with Gasteiger partial charge in [0.2, 0.25) is 5.76 Å². The van der Waals surface area contributed by atoms with Crippen molar-refractivity contribution in [2.45, 2.75) is 37.1 Å². The number of nitrogens with zero attached hydrogens (tertiary/aromatic N) is 1. The number of aromatic nitrogens is 1. The monoisotopic (exact) mass is 348 g/mol. The molecule has 1 atom stereocenters. The lowest BCUT2D eigenvalue weighted by Gasteiger charge is -2.16. The highest BCUT2D eigenvalue weighted by Gasteiger charge is 2.22. The van der Waals surface area contributed by atoms with Crippen LogP contribution in [0, 0.1) is 0 Å². The molecule has 0 bridgehead atoms. The maximum atomic E-state index is 12.3. The molecule has 128 valence electrons. The Hall–Kier alpha value is -2.28. The van der Waals surface area contributed by atoms with Crippen LogP contribution in [0.25, 0.3) is 0 Å². The van der Waals surface area contributed by atoms with Crippen LogP contribution in [0.15, 0.2) is 39.8 Å². The summed E-state index contributed by atoms with van der Waals surface area (Å²) < 4.78 is 5.05. The van der Waals surface area contributed by atoms with Crippen LogP contribution in [0.2, 0.25) is 0 Å². The molecule has 7 heteroatoms. The molecule has 6 nitrogen and oxygen atoms in total. The average molecular weight is 348 g/mol. The third-order valence-electron chi connectivity index (χ3n) is 3.55. The summed E-state index contributed by atoms with van der Waals surface area (Å²) in [6, 6.07) is 8.37. The SMILES string of the molecule is CSc1ccc(C(CC(=O)O)NC(=O)c2cc(C(C)C)no2)cc1. The Balaban J connectivity index is 2.17. The minimum absolute atomic E-state index is 0.0785. The molecule has 0 radical (unpaired) electrons. The van der Waals surface area contributed by atoms with Gasteiger partial charge in [-0.1, -0.05) is 31.1 Å². The number of benzene rings is 1. The van der Waals surface area contributed by atoms with Gasteiger partial charge in [-0.15, -0.1) is 11.8 Å². The van der Waals surface area contributed by atoms with Gasteiger partial charge in [-0.3, -0.25) is 9.59 Å². The second-order valence-corrected chi connectivity index (χ2v) is 6.55. The summed E-state index contributed by atoms with van der Waals surface area (Å²) in [5.74, 6) is -1.25. The standard InChI is InChI=1S/C17H20N2O4S/c1-10(2)13-8-15(23-19-13)17(22)18-14(9-16(20)21)11-4-6-12(24-3)7-5-11/h4-8,10,14H,9H2,1-3H3,(H,18,22)(H,20,21). The van der Waals surface area contributed by atoms with E-state index in [9.17, 15) is 9.59 Å². The number of carboxylic acid groups (broad SMARTS) is 1. The normalized spacial score (nSPS) is 12.2. The van der Waals surface area contributed by atoms with Crippen molar-refractivity contribution in [2.75, 3.05) is 6.26 Å². The number of hydrogen-bond acceptors (Lipinski definition) is 5. The van der Waals surface area contributed by atoms with Gasteiger partial charge >= 0.3 is 5.97 Å². The average Bonchev–Trinajstić information content (AvgIpc) is 3.04. The van der Waals surface area contributed by atoms with Crippen molar-refractivity contribution in [3.63, 3.8) is 0 Å². The number of hydrogen-bond donors (Lipinski definition) is 2. The van der Waals surface area contributed by atoms with E-state index in [0.717, 1.165) is 10.5 Å². The van der Waals surface area contributed by atoms with E-state index in [-0.39, 0.29) is 18.1 Å². The molecule has 2 aromatic rings. The van der Waals surface area contributed by atoms with Crippen LogP contribution in [0.1, 0.15) is 54.0 Å². The first-order valence-electron chi connectivity index (χ1n) is 7.54. The van der Waals surface area contributed by atoms with Gasteiger partial charge < -0.3 is 14.9 Å². The Morgan fingerprint density at radius 1 is 1.29 bits per heavy atom. The van der Waals surface area contributed by atoms with Crippen LogP contribution in [0.4, 0.5) is 0 Å². The molecule has 0 spiro atoms. The first kappa shape index (κ1) is 18.1. The topological polar surface area (TPSA) is 92.4 Å². The predicted octanol–water partition coefficient (Wildman–Crippen LogP) is 3.47. The number of amides is 1. The first-order valence-corrected chi connectivity index (χ1v) is 8.76. The van der Waals surface area contributed by atoms with E-state index >= 15 is 0 Å². The predicted molar refractivity (Wildman–Crippen MR) is 91.3 cm³/mol. The van der Waals surface area contributed by atoms with Crippen molar-refractivity contribution >= 4 is 23.6 Å². The van der Waals surface area contributed by atoms with E-state index in [1.54, 1.807) is 17.8 Å². The van der Waals surface area contributed by atoms with Gasteiger partial charge in [-0.2, -0.15) is 0 Å². The van der Waals surface area contributed by atoms with E-state index in [1.807, 2.05) is 44.4 Å². The summed E-state index contributed by atoms with van der Waals surface area (Å²) in [5.41, 5.74) is 1.41. The molecule has 1 aromatic heterocycles. The number of rotatable bonds is 7. The Kier molecular flexibility index (Phi) is 6.03. The number of carboxylic acids is 1. The summed E-state index contributed by atoms with van der Waals surface area (Å²) in [7, 11) is 0. The zero-order valence-electron chi connectivity index (χ0n) is 13.8. The molecular formula is C17H20N2O4S. The second kappa shape index (κ2) is 8.01. The summed E-state index contributed by atoms with van der Waals surface area (Å²) >= 11 is 1.59. The Bertz CT molecular complexity index is 710. The lowest BCUT2D eigenvalue weighted by molar-refractivity contribution is -0.137. The van der Waals surface area contributed by atoms with Crippen molar-refractivity contribution in [1.82, 2.24) is 10.5 Å². The highest BCUT2D eigenvalue weighted by atomic mass is 32.2. The van der Waals surface area contributed by atoms with Gasteiger partial charge in [0, 0.05) is 11.0 Å². The highest BCUT2D eigenvalue weighted by molar-refractivity contribution is 7.98. The van der Waals surface area contributed by atoms with Crippen LogP contribution in [-0.4, -0.2) is 28.4 Å². The first-order chi connectivity index (χ1) is 11.4. The Morgan fingerprint density at radius 2 is 1.96 bits per heavy atom. The summed E-state index contributed by atoms with van der Waals surface area (Å²) in [6.45, 7) is 3.89. The molecule has 2 rings (SSSR count). The fourth-order valence-electron chi connectivity index (χ4n) is 2.16. The Morgan fingerprint density at radius 3 is 2.46 bits per heavy atom. The third kappa shape index (κ3) is 4.61. The maximum Gasteiger partial charge on any atom is 0.305 e. The number of nitrogens with one attached hydrogen (secondary N) is 1. The summed E-state index contributed by atoms with van der Waals surface area (Å²) in [4.78, 5) is 24.5. The van der Waals surface area contributed by atoms with Crippen molar-refractivity contribution in [3.8, 4) is 0 Å². The zero-order valence-corrected chi connectivity index (χ0v) is 14.6. The molecule has 1 aromatic carbocycles. The van der Waals surface area contributed by atoms with E-state index < -0.39 is 17.9 Å². The molecule has 0 saturated heterocycles. The molecule has 0 aliphatic rings. The molecular weight excluding hydrogens is 328 g/mol. The van der Waals surface area contributed by atoms with E-state index in [0.29, 0.717) is 5.69 Å². The van der Waals surface area contributed by atoms with Gasteiger partial charge in [0.25, 0.3) is 5.91 Å². The number of carbonyl (C=O) groups is 2. The smallest absolute Gasteiger partial charge is 0.305 e. The Labute approximate surface area is 144 Å². The van der Waals surface area contributed by atoms with Crippen LogP contribution >= 0.6 is 11.8 Å². The van der Waals surface area contributed by atoms with E-state index in [1.165, 1.54) is 0 Å². The second-order valence-electron chi connectivity index (χ2n) is 5.67. The highest BCUT2D eigenvalue weighted by Crippen LogP contribution is 2.22. The van der Waals surface area contributed by atoms with Crippen LogP contribution in [-0.2, 0) is 4.79 Å². The summed E-state index contributed by atoms with van der Waals surface area (Å²) in [5, 5.41) is 15.7.